The number of benzene rings is 3. The Morgan fingerprint density at radius 1 is 0.765 bits per heavy atom. The second-order valence-corrected chi connectivity index (χ2v) is 7.63. The summed E-state index contributed by atoms with van der Waals surface area (Å²) in [5.41, 5.74) is -0.418. The lowest BCUT2D eigenvalue weighted by Crippen LogP contribution is -2.37. The number of nitro benzene ring substituents is 1. The molecule has 1 heterocycles. The van der Waals surface area contributed by atoms with Crippen molar-refractivity contribution in [2.45, 2.75) is 0 Å². The van der Waals surface area contributed by atoms with Gasteiger partial charge in [0, 0.05) is 22.8 Å². The minimum atomic E-state index is -0.960. The molecule has 0 fully saturated rings. The number of anilines is 1. The van der Waals surface area contributed by atoms with Gasteiger partial charge in [-0.2, -0.15) is 0 Å². The highest BCUT2D eigenvalue weighted by Crippen LogP contribution is 2.33. The number of nitrogens with zero attached hydrogens (tertiary/aromatic N) is 2. The van der Waals surface area contributed by atoms with Crippen molar-refractivity contribution in [3.05, 3.63) is 104 Å². The van der Waals surface area contributed by atoms with E-state index in [-0.39, 0.29) is 44.9 Å². The third kappa shape index (κ3) is 3.00. The van der Waals surface area contributed by atoms with E-state index in [1.54, 1.807) is 18.2 Å². The predicted octanol–water partition coefficient (Wildman–Crippen LogP) is 2.60. The number of carbonyl (C=O) groups excluding carboxylic acids is 5. The molecule has 0 spiro atoms. The van der Waals surface area contributed by atoms with Gasteiger partial charge in [-0.3, -0.25) is 39.0 Å². The van der Waals surface area contributed by atoms with Crippen LogP contribution >= 0.6 is 0 Å². The van der Waals surface area contributed by atoms with E-state index in [0.717, 1.165) is 6.07 Å². The number of nitrogens with one attached hydrogen (secondary N) is 1. The Balaban J connectivity index is 1.43. The van der Waals surface area contributed by atoms with Gasteiger partial charge in [0.15, 0.2) is 11.6 Å². The second-order valence-electron chi connectivity index (χ2n) is 7.63. The Bertz CT molecular complexity index is 1490. The minimum absolute atomic E-state index is 0.0116. The molecule has 1 N–H and O–H groups in total. The van der Waals surface area contributed by atoms with Gasteiger partial charge in [-0.1, -0.05) is 42.5 Å². The first kappa shape index (κ1) is 20.9. The molecule has 34 heavy (non-hydrogen) atoms. The maximum atomic E-state index is 13.1. The van der Waals surface area contributed by atoms with Gasteiger partial charge in [-0.25, -0.2) is 0 Å². The molecular formula is C24H13N3O7. The van der Waals surface area contributed by atoms with E-state index >= 15 is 0 Å². The molecule has 3 aromatic carbocycles. The summed E-state index contributed by atoms with van der Waals surface area (Å²) in [6, 6.07) is 14.4. The van der Waals surface area contributed by atoms with Crippen molar-refractivity contribution in [3.63, 3.8) is 0 Å². The molecule has 10 heteroatoms. The first-order valence-corrected chi connectivity index (χ1v) is 10.0. The van der Waals surface area contributed by atoms with Crippen molar-refractivity contribution in [1.29, 1.82) is 0 Å². The molecule has 0 bridgehead atoms. The normalized spacial score (nSPS) is 13.9. The molecule has 0 radical (unpaired) electrons. The Morgan fingerprint density at radius 3 is 2.09 bits per heavy atom. The number of rotatable bonds is 4. The number of fused-ring (bicyclic) bond motifs is 3. The van der Waals surface area contributed by atoms with Crippen molar-refractivity contribution in [2.75, 3.05) is 11.9 Å². The molecule has 1 aliphatic heterocycles. The molecule has 0 saturated heterocycles. The van der Waals surface area contributed by atoms with Crippen LogP contribution in [0.4, 0.5) is 11.4 Å². The van der Waals surface area contributed by atoms with Gasteiger partial charge in [0.1, 0.15) is 12.1 Å². The smallest absolute Gasteiger partial charge is 0.282 e. The van der Waals surface area contributed by atoms with Crippen LogP contribution in [0.25, 0.3) is 0 Å². The number of hydrogen-bond acceptors (Lipinski definition) is 7. The zero-order valence-electron chi connectivity index (χ0n) is 17.2. The molecule has 5 rings (SSSR count). The van der Waals surface area contributed by atoms with Crippen LogP contribution in [0.3, 0.4) is 0 Å². The van der Waals surface area contributed by atoms with E-state index in [4.69, 9.17) is 0 Å². The Kier molecular flexibility index (Phi) is 4.64. The number of hydrogen-bond donors (Lipinski definition) is 1. The van der Waals surface area contributed by atoms with Crippen LogP contribution in [-0.2, 0) is 4.79 Å². The van der Waals surface area contributed by atoms with Crippen molar-refractivity contribution in [2.24, 2.45) is 0 Å². The fourth-order valence-corrected chi connectivity index (χ4v) is 4.19. The lowest BCUT2D eigenvalue weighted by atomic mass is 9.83. The first-order chi connectivity index (χ1) is 16.3. The van der Waals surface area contributed by atoms with Gasteiger partial charge in [-0.05, 0) is 12.1 Å². The first-order valence-electron chi connectivity index (χ1n) is 10.0. The van der Waals surface area contributed by atoms with Crippen LogP contribution in [0.2, 0.25) is 0 Å². The predicted molar refractivity (Wildman–Crippen MR) is 117 cm³/mol. The number of carbonyl (C=O) groups is 5. The maximum Gasteiger partial charge on any atom is 0.282 e. The highest BCUT2D eigenvalue weighted by Gasteiger charge is 2.42. The maximum absolute atomic E-state index is 13.1. The van der Waals surface area contributed by atoms with E-state index in [2.05, 4.69) is 5.32 Å². The molecule has 0 atom stereocenters. The van der Waals surface area contributed by atoms with Gasteiger partial charge in [0.2, 0.25) is 5.91 Å². The van der Waals surface area contributed by atoms with E-state index in [0.29, 0.717) is 4.90 Å². The fraction of sp³-hybridized carbons (Fsp3) is 0.0417. The Morgan fingerprint density at radius 2 is 1.38 bits per heavy atom. The van der Waals surface area contributed by atoms with Crippen molar-refractivity contribution in [1.82, 2.24) is 4.90 Å². The summed E-state index contributed by atoms with van der Waals surface area (Å²) in [5.74, 6) is -3.43. The molecule has 3 aromatic rings. The van der Waals surface area contributed by atoms with E-state index in [9.17, 15) is 34.1 Å². The van der Waals surface area contributed by atoms with Crippen molar-refractivity contribution in [3.8, 4) is 0 Å². The lowest BCUT2D eigenvalue weighted by Gasteiger charge is -2.21. The zero-order valence-corrected chi connectivity index (χ0v) is 17.2. The molecular weight excluding hydrogens is 442 g/mol. The highest BCUT2D eigenvalue weighted by molar-refractivity contribution is 6.30. The van der Waals surface area contributed by atoms with E-state index in [1.165, 1.54) is 36.4 Å². The van der Waals surface area contributed by atoms with Gasteiger partial charge in [-0.15, -0.1) is 0 Å². The summed E-state index contributed by atoms with van der Waals surface area (Å²) < 4.78 is 0. The largest absolute Gasteiger partial charge is 0.324 e. The molecule has 10 nitrogen and oxygen atoms in total. The van der Waals surface area contributed by atoms with Crippen molar-refractivity contribution >= 4 is 40.7 Å². The summed E-state index contributed by atoms with van der Waals surface area (Å²) in [6.07, 6.45) is 0. The van der Waals surface area contributed by atoms with Crippen LogP contribution in [0.1, 0.15) is 52.6 Å². The molecule has 166 valence electrons. The number of amides is 3. The molecule has 1 aliphatic carbocycles. The minimum Gasteiger partial charge on any atom is -0.324 e. The molecule has 0 aromatic heterocycles. The van der Waals surface area contributed by atoms with Gasteiger partial charge < -0.3 is 5.32 Å². The molecule has 3 amide bonds. The monoisotopic (exact) mass is 455 g/mol. The summed E-state index contributed by atoms with van der Waals surface area (Å²) in [5, 5.41) is 13.7. The summed E-state index contributed by atoms with van der Waals surface area (Å²) in [4.78, 5) is 75.1. The third-order valence-corrected chi connectivity index (χ3v) is 5.70. The number of imide groups is 1. The van der Waals surface area contributed by atoms with Gasteiger partial charge in [0.25, 0.3) is 17.5 Å². The van der Waals surface area contributed by atoms with Crippen molar-refractivity contribution < 1.29 is 28.9 Å². The average Bonchev–Trinajstić information content (AvgIpc) is 3.07. The molecule has 0 saturated carbocycles. The zero-order chi connectivity index (χ0) is 24.1. The topological polar surface area (TPSA) is 144 Å². The van der Waals surface area contributed by atoms with E-state index < -0.39 is 40.7 Å². The van der Waals surface area contributed by atoms with Crippen LogP contribution in [0.15, 0.2) is 60.7 Å². The molecule has 0 unspecified atom stereocenters. The summed E-state index contributed by atoms with van der Waals surface area (Å²) >= 11 is 0. The lowest BCUT2D eigenvalue weighted by molar-refractivity contribution is -0.385. The summed E-state index contributed by atoms with van der Waals surface area (Å²) in [6.45, 7) is -0.730. The average molecular weight is 455 g/mol. The van der Waals surface area contributed by atoms with Crippen LogP contribution in [-0.4, -0.2) is 45.7 Å². The second kappa shape index (κ2) is 7.55. The Labute approximate surface area is 190 Å². The van der Waals surface area contributed by atoms with E-state index in [1.807, 2.05) is 0 Å². The van der Waals surface area contributed by atoms with Gasteiger partial charge >= 0.3 is 0 Å². The SMILES string of the molecule is O=C(CN1C(=O)c2cccc([N+](=O)[O-])c2C1=O)Nc1cccc2c1C(=O)c1ccccc1C2=O. The Hall–Kier alpha value is -4.99. The van der Waals surface area contributed by atoms with Crippen LogP contribution in [0.5, 0.6) is 0 Å². The third-order valence-electron chi connectivity index (χ3n) is 5.70. The standard InChI is InChI=1S/C24H13N3O7/c28-18(11-26-23(31)15-8-4-10-17(27(33)34)20(15)24(26)32)25-16-9-3-7-14-19(16)22(30)13-6-2-1-5-12(13)21(14)29/h1-10H,11H2,(H,25,28). The highest BCUT2D eigenvalue weighted by atomic mass is 16.6. The molecule has 2 aliphatic rings. The number of ketones is 2. The summed E-state index contributed by atoms with van der Waals surface area (Å²) in [7, 11) is 0. The quantitative estimate of drug-likeness (QED) is 0.283. The fourth-order valence-electron chi connectivity index (χ4n) is 4.19. The van der Waals surface area contributed by atoms with Crippen LogP contribution < -0.4 is 5.32 Å². The van der Waals surface area contributed by atoms with Gasteiger partial charge in [0.05, 0.1) is 21.7 Å². The number of nitro groups is 1. The van der Waals surface area contributed by atoms with Crippen LogP contribution in [0, 0.1) is 10.1 Å².